The first-order valence-electron chi connectivity index (χ1n) is 11.2. The lowest BCUT2D eigenvalue weighted by molar-refractivity contribution is 0.124. The number of anilines is 1. The third kappa shape index (κ3) is 5.40. The Balaban J connectivity index is 1.31. The Morgan fingerprint density at radius 1 is 1.25 bits per heavy atom. The van der Waals surface area contributed by atoms with E-state index in [-0.39, 0.29) is 11.6 Å². The smallest absolute Gasteiger partial charge is 0.410 e. The van der Waals surface area contributed by atoms with Crippen molar-refractivity contribution in [2.24, 2.45) is 0 Å². The highest BCUT2D eigenvalue weighted by molar-refractivity contribution is 5.81. The van der Waals surface area contributed by atoms with Crippen molar-refractivity contribution < 1.29 is 9.53 Å². The van der Waals surface area contributed by atoms with Crippen LogP contribution in [-0.2, 0) is 6.54 Å². The van der Waals surface area contributed by atoms with Gasteiger partial charge in [0.1, 0.15) is 5.75 Å². The number of aromatic amines is 1. The number of benzene rings is 2. The van der Waals surface area contributed by atoms with E-state index in [2.05, 4.69) is 38.6 Å². The normalized spacial score (nSPS) is 17.3. The van der Waals surface area contributed by atoms with Crippen LogP contribution >= 0.6 is 0 Å². The van der Waals surface area contributed by atoms with Gasteiger partial charge in [0.2, 0.25) is 0 Å². The van der Waals surface area contributed by atoms with Crippen molar-refractivity contribution >= 4 is 22.7 Å². The molecule has 2 N–H and O–H groups in total. The van der Waals surface area contributed by atoms with E-state index in [1.54, 1.807) is 11.9 Å². The van der Waals surface area contributed by atoms with Gasteiger partial charge in [0.25, 0.3) is 0 Å². The second-order valence-corrected chi connectivity index (χ2v) is 9.63. The second kappa shape index (κ2) is 9.20. The van der Waals surface area contributed by atoms with Gasteiger partial charge in [0, 0.05) is 42.8 Å². The van der Waals surface area contributed by atoms with Gasteiger partial charge in [0.05, 0.1) is 11.7 Å². The maximum absolute atomic E-state index is 12.3. The molecule has 1 aliphatic rings. The maximum atomic E-state index is 12.3. The van der Waals surface area contributed by atoms with E-state index < -0.39 is 0 Å². The first kappa shape index (κ1) is 22.1. The number of likely N-dealkylation sites (tertiary alicyclic amines) is 1. The fourth-order valence-corrected chi connectivity index (χ4v) is 3.95. The van der Waals surface area contributed by atoms with Gasteiger partial charge >= 0.3 is 6.09 Å². The van der Waals surface area contributed by atoms with Gasteiger partial charge in [-0.05, 0) is 76.1 Å². The van der Waals surface area contributed by atoms with Crippen molar-refractivity contribution in [1.29, 1.82) is 0 Å². The Bertz CT molecular complexity index is 1050. The summed E-state index contributed by atoms with van der Waals surface area (Å²) in [5.41, 5.74) is 3.13. The average Bonchev–Trinajstić information content (AvgIpc) is 3.22. The maximum Gasteiger partial charge on any atom is 0.415 e. The van der Waals surface area contributed by atoms with Crippen LogP contribution in [0.3, 0.4) is 0 Å². The summed E-state index contributed by atoms with van der Waals surface area (Å²) >= 11 is 0. The molecule has 2 aromatic carbocycles. The summed E-state index contributed by atoms with van der Waals surface area (Å²) in [6, 6.07) is 14.6. The molecule has 0 bridgehead atoms. The minimum absolute atomic E-state index is 0.278. The van der Waals surface area contributed by atoms with Gasteiger partial charge in [-0.15, -0.1) is 0 Å². The third-order valence-corrected chi connectivity index (χ3v) is 6.13. The zero-order valence-electron chi connectivity index (χ0n) is 19.4. The molecule has 32 heavy (non-hydrogen) atoms. The molecule has 1 amide bonds. The van der Waals surface area contributed by atoms with Crippen molar-refractivity contribution in [3.63, 3.8) is 0 Å². The molecule has 7 nitrogen and oxygen atoms in total. The van der Waals surface area contributed by atoms with Crippen molar-refractivity contribution in [2.75, 3.05) is 25.5 Å². The predicted molar refractivity (Wildman–Crippen MR) is 128 cm³/mol. The van der Waals surface area contributed by atoms with E-state index in [9.17, 15) is 4.79 Å². The van der Waals surface area contributed by atoms with E-state index >= 15 is 0 Å². The Morgan fingerprint density at radius 2 is 2.03 bits per heavy atom. The topological polar surface area (TPSA) is 73.5 Å². The Kier molecular flexibility index (Phi) is 6.37. The molecule has 0 spiro atoms. The van der Waals surface area contributed by atoms with Gasteiger partial charge in [-0.1, -0.05) is 12.1 Å². The van der Waals surface area contributed by atoms with Crippen LogP contribution < -0.4 is 10.1 Å². The molecular weight excluding hydrogens is 402 g/mol. The van der Waals surface area contributed by atoms with Crippen molar-refractivity contribution in [1.82, 2.24) is 20.0 Å². The minimum Gasteiger partial charge on any atom is -0.410 e. The SMILES string of the molecule is CN(C(=O)Oc1ccc(CN2CCC[C@H](Nc3ccc4[nH]ncc4c3)C2)cc1)C(C)(C)C. The van der Waals surface area contributed by atoms with Crippen LogP contribution in [0.5, 0.6) is 5.75 Å². The number of ether oxygens (including phenoxy) is 1. The highest BCUT2D eigenvalue weighted by Gasteiger charge is 2.24. The summed E-state index contributed by atoms with van der Waals surface area (Å²) < 4.78 is 5.51. The molecule has 0 saturated carbocycles. The van der Waals surface area contributed by atoms with Crippen LogP contribution in [0.2, 0.25) is 0 Å². The number of amides is 1. The summed E-state index contributed by atoms with van der Waals surface area (Å²) in [4.78, 5) is 16.4. The molecule has 0 radical (unpaired) electrons. The largest absolute Gasteiger partial charge is 0.415 e. The number of piperidine rings is 1. The number of carbonyl (C=O) groups excluding carboxylic acids is 1. The first-order chi connectivity index (χ1) is 15.3. The summed E-state index contributed by atoms with van der Waals surface area (Å²) in [6.45, 7) is 8.91. The lowest BCUT2D eigenvalue weighted by Gasteiger charge is -2.33. The predicted octanol–water partition coefficient (Wildman–Crippen LogP) is 4.87. The quantitative estimate of drug-likeness (QED) is 0.598. The molecule has 1 atom stereocenters. The van der Waals surface area contributed by atoms with Gasteiger partial charge in [-0.3, -0.25) is 10.00 Å². The fraction of sp³-hybridized carbons (Fsp3) is 0.440. The van der Waals surface area contributed by atoms with Crippen LogP contribution in [0.15, 0.2) is 48.7 Å². The van der Waals surface area contributed by atoms with Crippen LogP contribution in [0.4, 0.5) is 10.5 Å². The van der Waals surface area contributed by atoms with Gasteiger partial charge in [0.15, 0.2) is 0 Å². The number of hydrogen-bond acceptors (Lipinski definition) is 5. The van der Waals surface area contributed by atoms with Gasteiger partial charge in [-0.2, -0.15) is 5.10 Å². The van der Waals surface area contributed by atoms with Gasteiger partial charge in [-0.25, -0.2) is 4.79 Å². The molecule has 3 aromatic rings. The van der Waals surface area contributed by atoms with E-state index in [1.807, 2.05) is 51.2 Å². The number of H-pyrrole nitrogens is 1. The van der Waals surface area contributed by atoms with E-state index in [0.29, 0.717) is 11.8 Å². The summed E-state index contributed by atoms with van der Waals surface area (Å²) in [5, 5.41) is 11.9. The zero-order chi connectivity index (χ0) is 22.7. The van der Waals surface area contributed by atoms with Crippen LogP contribution in [0.1, 0.15) is 39.2 Å². The molecule has 1 saturated heterocycles. The number of rotatable bonds is 5. The molecule has 2 heterocycles. The third-order valence-electron chi connectivity index (χ3n) is 6.13. The van der Waals surface area contributed by atoms with E-state index in [1.165, 1.54) is 12.0 Å². The second-order valence-electron chi connectivity index (χ2n) is 9.63. The van der Waals surface area contributed by atoms with E-state index in [0.717, 1.165) is 42.6 Å². The number of hydrogen-bond donors (Lipinski definition) is 2. The van der Waals surface area contributed by atoms with Crippen molar-refractivity contribution in [3.05, 3.63) is 54.2 Å². The number of nitrogens with zero attached hydrogens (tertiary/aromatic N) is 3. The highest BCUT2D eigenvalue weighted by atomic mass is 16.6. The molecule has 4 rings (SSSR count). The van der Waals surface area contributed by atoms with Crippen molar-refractivity contribution in [3.8, 4) is 5.75 Å². The number of aromatic nitrogens is 2. The average molecular weight is 436 g/mol. The lowest BCUT2D eigenvalue weighted by atomic mass is 10.0. The van der Waals surface area contributed by atoms with E-state index in [4.69, 9.17) is 4.74 Å². The Hall–Kier alpha value is -3.06. The molecule has 1 aromatic heterocycles. The summed E-state index contributed by atoms with van der Waals surface area (Å²) in [7, 11) is 1.75. The monoisotopic (exact) mass is 435 g/mol. The molecule has 0 aliphatic carbocycles. The minimum atomic E-state index is -0.344. The lowest BCUT2D eigenvalue weighted by Crippen LogP contribution is -2.44. The highest BCUT2D eigenvalue weighted by Crippen LogP contribution is 2.22. The molecule has 1 aliphatic heterocycles. The van der Waals surface area contributed by atoms with Crippen LogP contribution in [0, 0.1) is 0 Å². The molecular formula is C25H33N5O2. The molecule has 170 valence electrons. The Labute approximate surface area is 189 Å². The number of nitrogens with one attached hydrogen (secondary N) is 2. The van der Waals surface area contributed by atoms with Crippen LogP contribution in [0.25, 0.3) is 10.9 Å². The Morgan fingerprint density at radius 3 is 2.78 bits per heavy atom. The standard InChI is InChI=1S/C25H33N5O2/c1-25(2,3)29(4)24(31)32-22-10-7-18(8-11-22)16-30-13-5-6-21(17-30)27-20-9-12-23-19(14-20)15-26-28-23/h7-12,14-15,21,27H,5-6,13,16-17H2,1-4H3,(H,26,28)/t21-/m0/s1. The van der Waals surface area contributed by atoms with Crippen molar-refractivity contribution in [2.45, 2.75) is 51.7 Å². The number of carbonyl (C=O) groups is 1. The number of fused-ring (bicyclic) bond motifs is 1. The zero-order valence-corrected chi connectivity index (χ0v) is 19.4. The fourth-order valence-electron chi connectivity index (χ4n) is 3.95. The molecule has 0 unspecified atom stereocenters. The molecule has 7 heteroatoms. The summed E-state index contributed by atoms with van der Waals surface area (Å²) in [5.74, 6) is 0.572. The first-order valence-corrected chi connectivity index (χ1v) is 11.2. The van der Waals surface area contributed by atoms with Crippen LogP contribution in [-0.4, -0.2) is 57.8 Å². The molecule has 1 fully saturated rings. The summed E-state index contributed by atoms with van der Waals surface area (Å²) in [6.07, 6.45) is 3.84. The van der Waals surface area contributed by atoms with Gasteiger partial charge < -0.3 is 15.0 Å².